The number of amides is 1. The van der Waals surface area contributed by atoms with Gasteiger partial charge in [-0.05, 0) is 53.4 Å². The van der Waals surface area contributed by atoms with E-state index in [0.717, 1.165) is 23.3 Å². The number of rotatable bonds is 4. The topological polar surface area (TPSA) is 38.8 Å². The minimum Gasteiger partial charge on any atom is -0.493 e. The van der Waals surface area contributed by atoms with E-state index in [2.05, 4.69) is 0 Å². The van der Waals surface area contributed by atoms with Crippen LogP contribution in [0.1, 0.15) is 33.1 Å². The summed E-state index contributed by atoms with van der Waals surface area (Å²) in [5.41, 5.74) is 1.79. The van der Waals surface area contributed by atoms with E-state index in [-0.39, 0.29) is 6.54 Å². The molecule has 7 heteroatoms. The van der Waals surface area contributed by atoms with Crippen molar-refractivity contribution in [3.63, 3.8) is 0 Å². The van der Waals surface area contributed by atoms with Gasteiger partial charge in [0.2, 0.25) is 0 Å². The first-order chi connectivity index (χ1) is 15.0. The number of ether oxygens (including phenoxy) is 2. The molecule has 1 amide bonds. The Morgan fingerprint density at radius 2 is 1.61 bits per heavy atom. The van der Waals surface area contributed by atoms with Gasteiger partial charge in [-0.3, -0.25) is 4.79 Å². The lowest BCUT2D eigenvalue weighted by atomic mass is 9.87. The van der Waals surface area contributed by atoms with Crippen LogP contribution in [-0.2, 0) is 6.42 Å². The third-order valence-electron chi connectivity index (χ3n) is 5.51. The van der Waals surface area contributed by atoms with E-state index in [1.807, 2.05) is 12.1 Å². The highest BCUT2D eigenvalue weighted by atomic mass is 35.5. The van der Waals surface area contributed by atoms with E-state index >= 15 is 0 Å². The van der Waals surface area contributed by atoms with Crippen molar-refractivity contribution in [2.45, 2.75) is 12.5 Å². The zero-order chi connectivity index (χ0) is 22.1. The highest BCUT2D eigenvalue weighted by Crippen LogP contribution is 2.43. The van der Waals surface area contributed by atoms with Crippen LogP contribution in [0.5, 0.6) is 11.5 Å². The number of hydrogen-bond acceptors (Lipinski definition) is 3. The molecule has 4 rings (SSSR count). The van der Waals surface area contributed by atoms with Gasteiger partial charge < -0.3 is 14.4 Å². The fraction of sp³-hybridized carbons (Fsp3) is 0.208. The molecule has 0 aromatic heterocycles. The zero-order valence-corrected chi connectivity index (χ0v) is 17.7. The minimum atomic E-state index is -0.902. The van der Waals surface area contributed by atoms with E-state index in [4.69, 9.17) is 21.1 Å². The molecule has 0 fully saturated rings. The summed E-state index contributed by atoms with van der Waals surface area (Å²) in [5.74, 6) is -1.48. The predicted octanol–water partition coefficient (Wildman–Crippen LogP) is 5.42. The molecule has 1 aliphatic rings. The second-order valence-electron chi connectivity index (χ2n) is 7.18. The largest absolute Gasteiger partial charge is 0.493 e. The monoisotopic (exact) mass is 443 g/mol. The average Bonchev–Trinajstić information content (AvgIpc) is 2.77. The third-order valence-corrected chi connectivity index (χ3v) is 5.86. The second-order valence-corrected chi connectivity index (χ2v) is 7.58. The molecule has 1 heterocycles. The van der Waals surface area contributed by atoms with Crippen LogP contribution >= 0.6 is 11.6 Å². The molecule has 0 saturated heterocycles. The van der Waals surface area contributed by atoms with Gasteiger partial charge in [0.15, 0.2) is 11.5 Å². The maximum absolute atomic E-state index is 14.4. The van der Waals surface area contributed by atoms with Crippen molar-refractivity contribution in [2.24, 2.45) is 0 Å². The lowest BCUT2D eigenvalue weighted by Gasteiger charge is -2.38. The van der Waals surface area contributed by atoms with Crippen molar-refractivity contribution in [1.82, 2.24) is 4.90 Å². The van der Waals surface area contributed by atoms with E-state index in [1.54, 1.807) is 31.4 Å². The van der Waals surface area contributed by atoms with Crippen LogP contribution < -0.4 is 9.47 Å². The molecule has 0 saturated carbocycles. The van der Waals surface area contributed by atoms with E-state index < -0.39 is 29.1 Å². The molecule has 4 nitrogen and oxygen atoms in total. The number of benzene rings is 3. The molecular weight excluding hydrogens is 424 g/mol. The lowest BCUT2D eigenvalue weighted by Crippen LogP contribution is -2.41. The molecule has 0 bridgehead atoms. The molecule has 160 valence electrons. The van der Waals surface area contributed by atoms with E-state index in [9.17, 15) is 13.6 Å². The maximum atomic E-state index is 14.4. The Morgan fingerprint density at radius 3 is 2.26 bits per heavy atom. The first kappa shape index (κ1) is 21.1. The Morgan fingerprint density at radius 1 is 0.968 bits per heavy atom. The molecule has 3 aromatic carbocycles. The molecular formula is C24H20ClF2NO3. The Labute approximate surface area is 184 Å². The van der Waals surface area contributed by atoms with Crippen LogP contribution in [0.4, 0.5) is 8.78 Å². The van der Waals surface area contributed by atoms with Gasteiger partial charge in [-0.15, -0.1) is 0 Å². The standard InChI is InChI=1S/C24H20ClF2NO3/c1-30-20-12-14-10-11-28(24(29)22-18(26)8-5-9-19(22)27)23(16(14)13-21(20)31-2)15-6-3-4-7-17(15)25/h3-9,12-13,23H,10-11H2,1-2H3/t23-/m1/s1. The van der Waals surface area contributed by atoms with Gasteiger partial charge in [0.1, 0.15) is 17.2 Å². The first-order valence-electron chi connectivity index (χ1n) is 9.70. The van der Waals surface area contributed by atoms with E-state index in [0.29, 0.717) is 28.5 Å². The number of fused-ring (bicyclic) bond motifs is 1. The SMILES string of the molecule is COc1cc2c(cc1OC)[C@@H](c1ccccc1Cl)N(C(=O)c1c(F)cccc1F)CC2. The predicted molar refractivity (Wildman–Crippen MR) is 114 cm³/mol. The van der Waals surface area contributed by atoms with Crippen LogP contribution in [-0.4, -0.2) is 31.6 Å². The fourth-order valence-electron chi connectivity index (χ4n) is 4.04. The van der Waals surface area contributed by atoms with Crippen LogP contribution in [0, 0.1) is 11.6 Å². The van der Waals surface area contributed by atoms with Gasteiger partial charge >= 0.3 is 0 Å². The quantitative estimate of drug-likeness (QED) is 0.540. The third kappa shape index (κ3) is 3.72. The average molecular weight is 444 g/mol. The van der Waals surface area contributed by atoms with Crippen molar-refractivity contribution in [3.05, 3.63) is 93.5 Å². The van der Waals surface area contributed by atoms with Gasteiger partial charge in [-0.1, -0.05) is 35.9 Å². The summed E-state index contributed by atoms with van der Waals surface area (Å²) in [5, 5.41) is 0.446. The molecule has 0 radical (unpaired) electrons. The van der Waals surface area contributed by atoms with Crippen LogP contribution in [0.3, 0.4) is 0 Å². The summed E-state index contributed by atoms with van der Waals surface area (Å²) in [4.78, 5) is 14.8. The van der Waals surface area contributed by atoms with Crippen LogP contribution in [0.25, 0.3) is 0 Å². The van der Waals surface area contributed by atoms with Crippen molar-refractivity contribution in [3.8, 4) is 11.5 Å². The van der Waals surface area contributed by atoms with Crippen LogP contribution in [0.2, 0.25) is 5.02 Å². The number of hydrogen-bond donors (Lipinski definition) is 0. The molecule has 0 aliphatic carbocycles. The highest BCUT2D eigenvalue weighted by Gasteiger charge is 2.36. The summed E-state index contributed by atoms with van der Waals surface area (Å²) in [7, 11) is 3.07. The van der Waals surface area contributed by atoms with Crippen LogP contribution in [0.15, 0.2) is 54.6 Å². The van der Waals surface area contributed by atoms with Gasteiger partial charge in [-0.25, -0.2) is 8.78 Å². The number of carbonyl (C=O) groups excluding carboxylic acids is 1. The Balaban J connectivity index is 1.91. The minimum absolute atomic E-state index is 0.255. The van der Waals surface area contributed by atoms with Crippen molar-refractivity contribution < 1.29 is 23.0 Å². The zero-order valence-electron chi connectivity index (χ0n) is 17.0. The summed E-state index contributed by atoms with van der Waals surface area (Å²) in [6.07, 6.45) is 0.485. The Kier molecular flexibility index (Phi) is 5.83. The van der Waals surface area contributed by atoms with Gasteiger partial charge in [0.25, 0.3) is 5.91 Å². The number of halogens is 3. The van der Waals surface area contributed by atoms with Gasteiger partial charge in [-0.2, -0.15) is 0 Å². The summed E-state index contributed by atoms with van der Waals surface area (Å²) >= 11 is 6.49. The molecule has 1 atom stereocenters. The second kappa shape index (κ2) is 8.55. The van der Waals surface area contributed by atoms with Gasteiger partial charge in [0.05, 0.1) is 20.3 Å². The van der Waals surface area contributed by atoms with Crippen molar-refractivity contribution in [2.75, 3.05) is 20.8 Å². The molecule has 1 aliphatic heterocycles. The summed E-state index contributed by atoms with van der Waals surface area (Å²) in [6, 6.07) is 13.5. The molecule has 31 heavy (non-hydrogen) atoms. The Hall–Kier alpha value is -3.12. The number of nitrogens with zero attached hydrogens (tertiary/aromatic N) is 1. The lowest BCUT2D eigenvalue weighted by molar-refractivity contribution is 0.0684. The summed E-state index contributed by atoms with van der Waals surface area (Å²) < 4.78 is 39.7. The normalized spacial score (nSPS) is 15.4. The number of carbonyl (C=O) groups is 1. The van der Waals surface area contributed by atoms with Crippen molar-refractivity contribution in [1.29, 1.82) is 0 Å². The smallest absolute Gasteiger partial charge is 0.260 e. The van der Waals surface area contributed by atoms with Gasteiger partial charge in [0, 0.05) is 11.6 Å². The highest BCUT2D eigenvalue weighted by molar-refractivity contribution is 6.31. The molecule has 0 spiro atoms. The fourth-order valence-corrected chi connectivity index (χ4v) is 4.28. The molecule has 3 aromatic rings. The molecule has 0 unspecified atom stereocenters. The maximum Gasteiger partial charge on any atom is 0.260 e. The molecule has 0 N–H and O–H groups in total. The number of methoxy groups -OCH3 is 2. The van der Waals surface area contributed by atoms with Crippen molar-refractivity contribution >= 4 is 17.5 Å². The Bertz CT molecular complexity index is 1130. The summed E-state index contributed by atoms with van der Waals surface area (Å²) in [6.45, 7) is 0.255. The first-order valence-corrected chi connectivity index (χ1v) is 10.1. The van der Waals surface area contributed by atoms with E-state index in [1.165, 1.54) is 18.1 Å².